The summed E-state index contributed by atoms with van der Waals surface area (Å²) in [6.45, 7) is 7.78. The summed E-state index contributed by atoms with van der Waals surface area (Å²) in [4.78, 5) is 0. The highest BCUT2D eigenvalue weighted by Gasteiger charge is 2.33. The Morgan fingerprint density at radius 3 is 2.83 bits per heavy atom. The molecular weight excluding hydrogens is 156 g/mol. The number of hydrogen-bond donors (Lipinski definition) is 1. The predicted molar refractivity (Wildman–Crippen MR) is 45.7 cm³/mol. The monoisotopic (exact) mass is 172 g/mol. The highest BCUT2D eigenvalue weighted by Crippen LogP contribution is 2.24. The Balaban J connectivity index is 2.33. The van der Waals surface area contributed by atoms with Crippen LogP contribution in [0.1, 0.15) is 20.3 Å². The maximum Gasteiger partial charge on any atom is 0.163 e. The van der Waals surface area contributed by atoms with Gasteiger partial charge in [-0.2, -0.15) is 0 Å². The van der Waals surface area contributed by atoms with Crippen LogP contribution in [0.2, 0.25) is 0 Å². The fourth-order valence-corrected chi connectivity index (χ4v) is 1.24. The fraction of sp³-hybridized carbons (Fsp3) is 0.778. The fourth-order valence-electron chi connectivity index (χ4n) is 1.24. The minimum absolute atomic E-state index is 0.00648. The highest BCUT2D eigenvalue weighted by molar-refractivity contribution is 4.83. The van der Waals surface area contributed by atoms with Gasteiger partial charge in [-0.15, -0.1) is 6.58 Å². The molecule has 0 aromatic rings. The van der Waals surface area contributed by atoms with Gasteiger partial charge in [0, 0.05) is 6.42 Å². The van der Waals surface area contributed by atoms with Gasteiger partial charge in [0.15, 0.2) is 5.79 Å². The van der Waals surface area contributed by atoms with E-state index in [1.165, 1.54) is 6.08 Å². The second kappa shape index (κ2) is 3.56. The summed E-state index contributed by atoms with van der Waals surface area (Å²) in [5, 5.41) is 9.23. The van der Waals surface area contributed by atoms with Crippen molar-refractivity contribution in [1.82, 2.24) is 0 Å². The van der Waals surface area contributed by atoms with E-state index in [1.807, 2.05) is 13.8 Å². The van der Waals surface area contributed by atoms with Gasteiger partial charge in [-0.3, -0.25) is 0 Å². The summed E-state index contributed by atoms with van der Waals surface area (Å²) in [6.07, 6.45) is 1.57. The largest absolute Gasteiger partial charge is 0.389 e. The van der Waals surface area contributed by atoms with E-state index in [9.17, 15) is 5.11 Å². The lowest BCUT2D eigenvalue weighted by Crippen LogP contribution is -2.23. The summed E-state index contributed by atoms with van der Waals surface area (Å²) < 4.78 is 10.8. The quantitative estimate of drug-likeness (QED) is 0.647. The van der Waals surface area contributed by atoms with Gasteiger partial charge >= 0.3 is 0 Å². The zero-order chi connectivity index (χ0) is 9.19. The average molecular weight is 172 g/mol. The molecular formula is C9H16O3. The molecule has 2 atom stereocenters. The first kappa shape index (κ1) is 9.71. The van der Waals surface area contributed by atoms with Crippen LogP contribution >= 0.6 is 0 Å². The van der Waals surface area contributed by atoms with Crippen molar-refractivity contribution in [2.75, 3.05) is 6.61 Å². The van der Waals surface area contributed by atoms with Crippen molar-refractivity contribution >= 4 is 0 Å². The van der Waals surface area contributed by atoms with Crippen LogP contribution in [-0.4, -0.2) is 29.7 Å². The van der Waals surface area contributed by atoms with Crippen molar-refractivity contribution in [3.63, 3.8) is 0 Å². The lowest BCUT2D eigenvalue weighted by Gasteiger charge is -2.17. The molecule has 1 rings (SSSR count). The minimum atomic E-state index is -0.494. The SMILES string of the molecule is C=C[C@H](O)C[C@H]1COC(C)(C)O1. The number of hydrogen-bond acceptors (Lipinski definition) is 3. The molecule has 0 aliphatic carbocycles. The van der Waals surface area contributed by atoms with Crippen LogP contribution in [0, 0.1) is 0 Å². The average Bonchev–Trinajstić information content (AvgIpc) is 2.30. The third kappa shape index (κ3) is 2.59. The molecule has 12 heavy (non-hydrogen) atoms. The van der Waals surface area contributed by atoms with Gasteiger partial charge in [0.05, 0.1) is 18.8 Å². The number of ether oxygens (including phenoxy) is 2. The second-order valence-electron chi connectivity index (χ2n) is 3.49. The first-order valence-electron chi connectivity index (χ1n) is 4.16. The van der Waals surface area contributed by atoms with E-state index in [2.05, 4.69) is 6.58 Å². The van der Waals surface area contributed by atoms with Crippen LogP contribution < -0.4 is 0 Å². The first-order chi connectivity index (χ1) is 5.53. The maximum absolute atomic E-state index is 9.23. The Labute approximate surface area is 73.0 Å². The van der Waals surface area contributed by atoms with E-state index in [4.69, 9.17) is 9.47 Å². The van der Waals surface area contributed by atoms with Gasteiger partial charge in [0.1, 0.15) is 0 Å². The van der Waals surface area contributed by atoms with Crippen LogP contribution in [0.3, 0.4) is 0 Å². The van der Waals surface area contributed by atoms with Gasteiger partial charge in [0.2, 0.25) is 0 Å². The molecule has 1 fully saturated rings. The van der Waals surface area contributed by atoms with E-state index >= 15 is 0 Å². The molecule has 0 spiro atoms. The van der Waals surface area contributed by atoms with Gasteiger partial charge in [0.25, 0.3) is 0 Å². The van der Waals surface area contributed by atoms with Crippen LogP contribution in [0.4, 0.5) is 0 Å². The normalized spacial score (nSPS) is 30.1. The summed E-state index contributed by atoms with van der Waals surface area (Å²) in [7, 11) is 0. The molecule has 70 valence electrons. The summed E-state index contributed by atoms with van der Waals surface area (Å²) >= 11 is 0. The molecule has 1 heterocycles. The van der Waals surface area contributed by atoms with Crippen LogP contribution in [0.5, 0.6) is 0 Å². The van der Waals surface area contributed by atoms with Crippen molar-refractivity contribution < 1.29 is 14.6 Å². The van der Waals surface area contributed by atoms with Gasteiger partial charge in [-0.1, -0.05) is 6.08 Å². The molecule has 1 N–H and O–H groups in total. The lowest BCUT2D eigenvalue weighted by molar-refractivity contribution is -0.140. The van der Waals surface area contributed by atoms with Crippen molar-refractivity contribution in [1.29, 1.82) is 0 Å². The predicted octanol–water partition coefficient (Wildman–Crippen LogP) is 1.07. The molecule has 0 aromatic carbocycles. The Morgan fingerprint density at radius 1 is 1.75 bits per heavy atom. The van der Waals surface area contributed by atoms with Crippen LogP contribution in [0.25, 0.3) is 0 Å². The van der Waals surface area contributed by atoms with Crippen molar-refractivity contribution in [2.24, 2.45) is 0 Å². The Bertz CT molecular complexity index is 165. The molecule has 1 saturated heterocycles. The van der Waals surface area contributed by atoms with Crippen LogP contribution in [-0.2, 0) is 9.47 Å². The smallest absolute Gasteiger partial charge is 0.163 e. The molecule has 0 radical (unpaired) electrons. The topological polar surface area (TPSA) is 38.7 Å². The van der Waals surface area contributed by atoms with E-state index in [0.29, 0.717) is 13.0 Å². The van der Waals surface area contributed by atoms with Crippen molar-refractivity contribution in [2.45, 2.75) is 38.3 Å². The van der Waals surface area contributed by atoms with Gasteiger partial charge < -0.3 is 14.6 Å². The van der Waals surface area contributed by atoms with E-state index in [1.54, 1.807) is 0 Å². The molecule has 0 bridgehead atoms. The molecule has 0 aromatic heterocycles. The summed E-state index contributed by atoms with van der Waals surface area (Å²) in [5.41, 5.74) is 0. The highest BCUT2D eigenvalue weighted by atomic mass is 16.7. The van der Waals surface area contributed by atoms with Crippen molar-refractivity contribution in [3.05, 3.63) is 12.7 Å². The standard InChI is InChI=1S/C9H16O3/c1-4-7(10)5-8-6-11-9(2,3)12-8/h4,7-8,10H,1,5-6H2,2-3H3/t7-,8-/m0/s1. The molecule has 0 amide bonds. The molecule has 0 saturated carbocycles. The number of aliphatic hydroxyl groups is 1. The van der Waals surface area contributed by atoms with Crippen molar-refractivity contribution in [3.8, 4) is 0 Å². The van der Waals surface area contributed by atoms with Crippen LogP contribution in [0.15, 0.2) is 12.7 Å². The third-order valence-corrected chi connectivity index (χ3v) is 1.84. The Hall–Kier alpha value is -0.380. The van der Waals surface area contributed by atoms with Gasteiger partial charge in [-0.05, 0) is 13.8 Å². The zero-order valence-corrected chi connectivity index (χ0v) is 7.62. The molecule has 1 aliphatic heterocycles. The summed E-state index contributed by atoms with van der Waals surface area (Å²) in [6, 6.07) is 0. The third-order valence-electron chi connectivity index (χ3n) is 1.84. The molecule has 3 heteroatoms. The molecule has 0 unspecified atom stereocenters. The van der Waals surface area contributed by atoms with Gasteiger partial charge in [-0.25, -0.2) is 0 Å². The Kier molecular flexibility index (Phi) is 2.88. The minimum Gasteiger partial charge on any atom is -0.389 e. The number of rotatable bonds is 3. The maximum atomic E-state index is 9.23. The number of aliphatic hydroxyl groups excluding tert-OH is 1. The lowest BCUT2D eigenvalue weighted by atomic mass is 10.2. The molecule has 3 nitrogen and oxygen atoms in total. The molecule has 1 aliphatic rings. The first-order valence-corrected chi connectivity index (χ1v) is 4.16. The van der Waals surface area contributed by atoms with E-state index < -0.39 is 11.9 Å². The van der Waals surface area contributed by atoms with E-state index in [0.717, 1.165) is 0 Å². The van der Waals surface area contributed by atoms with E-state index in [-0.39, 0.29) is 6.10 Å². The Morgan fingerprint density at radius 2 is 2.42 bits per heavy atom. The second-order valence-corrected chi connectivity index (χ2v) is 3.49. The zero-order valence-electron chi connectivity index (χ0n) is 7.62. The summed E-state index contributed by atoms with van der Waals surface area (Å²) in [5.74, 6) is -0.494.